The number of imidazole rings is 1. The van der Waals surface area contributed by atoms with E-state index in [4.69, 9.17) is 11.6 Å². The van der Waals surface area contributed by atoms with Gasteiger partial charge in [-0.2, -0.15) is 0 Å². The van der Waals surface area contributed by atoms with Gasteiger partial charge in [-0.25, -0.2) is 13.4 Å². The van der Waals surface area contributed by atoms with Crippen LogP contribution in [0.2, 0.25) is 5.02 Å². The minimum absolute atomic E-state index is 0.0408. The maximum Gasteiger partial charge on any atom is 0.244 e. The molecular formula is C24H22ClN3O3S. The van der Waals surface area contributed by atoms with Crippen molar-refractivity contribution in [2.24, 2.45) is 0 Å². The number of nitrogens with one attached hydrogen (secondary N) is 1. The van der Waals surface area contributed by atoms with E-state index in [1.54, 1.807) is 10.6 Å². The Morgan fingerprint density at radius 3 is 2.50 bits per heavy atom. The summed E-state index contributed by atoms with van der Waals surface area (Å²) in [5.74, 6) is -0.152. The molecule has 0 saturated heterocycles. The van der Waals surface area contributed by atoms with E-state index in [0.29, 0.717) is 27.6 Å². The molecule has 164 valence electrons. The summed E-state index contributed by atoms with van der Waals surface area (Å²) < 4.78 is 25.4. The minimum Gasteiger partial charge on any atom is -0.324 e. The smallest absolute Gasteiger partial charge is 0.244 e. The Kier molecular flexibility index (Phi) is 6.04. The molecule has 1 heterocycles. The van der Waals surface area contributed by atoms with Crippen LogP contribution in [0.15, 0.2) is 66.7 Å². The summed E-state index contributed by atoms with van der Waals surface area (Å²) in [4.78, 5) is 17.3. The predicted octanol–water partition coefficient (Wildman–Crippen LogP) is 4.85. The Hall–Kier alpha value is -3.16. The Morgan fingerprint density at radius 1 is 1.03 bits per heavy atom. The van der Waals surface area contributed by atoms with E-state index in [-0.39, 0.29) is 18.2 Å². The van der Waals surface area contributed by atoms with Gasteiger partial charge in [0.25, 0.3) is 0 Å². The van der Waals surface area contributed by atoms with Crippen molar-refractivity contribution in [1.29, 1.82) is 0 Å². The molecular weight excluding hydrogens is 446 g/mol. The summed E-state index contributed by atoms with van der Waals surface area (Å²) >= 11 is 6.09. The van der Waals surface area contributed by atoms with Crippen LogP contribution in [-0.2, 0) is 26.9 Å². The zero-order valence-corrected chi connectivity index (χ0v) is 19.2. The predicted molar refractivity (Wildman–Crippen MR) is 129 cm³/mol. The topological polar surface area (TPSA) is 81.1 Å². The van der Waals surface area contributed by atoms with Gasteiger partial charge in [0.05, 0.1) is 11.0 Å². The molecule has 32 heavy (non-hydrogen) atoms. The molecule has 0 atom stereocenters. The number of carbonyl (C=O) groups is 1. The number of benzene rings is 3. The number of aromatic nitrogens is 2. The Bertz CT molecular complexity index is 1430. The van der Waals surface area contributed by atoms with Crippen LogP contribution in [0.4, 0.5) is 5.69 Å². The number of aryl methyl sites for hydroxylation is 1. The molecule has 6 nitrogen and oxygen atoms in total. The number of hydrogen-bond acceptors (Lipinski definition) is 4. The maximum atomic E-state index is 12.9. The number of para-hydroxylation sites is 2. The first-order valence-corrected chi connectivity index (χ1v) is 12.4. The summed E-state index contributed by atoms with van der Waals surface area (Å²) in [6.07, 6.45) is 1.15. The lowest BCUT2D eigenvalue weighted by Gasteiger charge is -2.13. The lowest BCUT2D eigenvalue weighted by atomic mass is 10.0. The van der Waals surface area contributed by atoms with Crippen molar-refractivity contribution in [3.05, 3.63) is 83.1 Å². The highest BCUT2D eigenvalue weighted by molar-refractivity contribution is 7.89. The quantitative estimate of drug-likeness (QED) is 0.439. The van der Waals surface area contributed by atoms with E-state index in [1.165, 1.54) is 0 Å². The third-order valence-electron chi connectivity index (χ3n) is 5.09. The number of halogens is 1. The fourth-order valence-corrected chi connectivity index (χ4v) is 4.51. The second-order valence-corrected chi connectivity index (χ2v) is 10.3. The van der Waals surface area contributed by atoms with Crippen LogP contribution in [0, 0.1) is 6.92 Å². The van der Waals surface area contributed by atoms with Crippen LogP contribution in [0.3, 0.4) is 0 Å². The second-order valence-electron chi connectivity index (χ2n) is 7.76. The van der Waals surface area contributed by atoms with Gasteiger partial charge in [0.2, 0.25) is 5.91 Å². The number of hydrogen-bond donors (Lipinski definition) is 1. The van der Waals surface area contributed by atoms with Crippen LogP contribution in [0.25, 0.3) is 22.2 Å². The lowest BCUT2D eigenvalue weighted by molar-refractivity contribution is -0.116. The van der Waals surface area contributed by atoms with Gasteiger partial charge in [-0.1, -0.05) is 41.9 Å². The van der Waals surface area contributed by atoms with E-state index < -0.39 is 9.84 Å². The van der Waals surface area contributed by atoms with Gasteiger partial charge in [0.1, 0.15) is 18.1 Å². The number of fused-ring (bicyclic) bond motifs is 1. The third-order valence-corrected chi connectivity index (χ3v) is 6.10. The average molecular weight is 468 g/mol. The van der Waals surface area contributed by atoms with Crippen LogP contribution >= 0.6 is 11.6 Å². The minimum atomic E-state index is -3.31. The highest BCUT2D eigenvalue weighted by Gasteiger charge is 2.17. The van der Waals surface area contributed by atoms with E-state index in [1.807, 2.05) is 67.6 Å². The summed E-state index contributed by atoms with van der Waals surface area (Å²) in [5, 5.41) is 3.59. The van der Waals surface area contributed by atoms with Crippen molar-refractivity contribution in [1.82, 2.24) is 9.55 Å². The third kappa shape index (κ3) is 5.00. The lowest BCUT2D eigenvalue weighted by Crippen LogP contribution is -2.21. The van der Waals surface area contributed by atoms with Gasteiger partial charge in [-0.05, 0) is 60.0 Å². The van der Waals surface area contributed by atoms with Crippen LogP contribution < -0.4 is 5.32 Å². The molecule has 0 spiro atoms. The zero-order chi connectivity index (χ0) is 22.9. The molecule has 0 radical (unpaired) electrons. The number of nitrogens with zero attached hydrogens (tertiary/aromatic N) is 2. The molecule has 0 aliphatic carbocycles. The standard InChI is InChI=1S/C24H22ClN3O3S/c1-16-12-18(17-6-5-7-19(25)13-17)10-11-20(16)27-24(29)14-28-22-9-4-3-8-21(22)26-23(28)15-32(2,30)31/h3-13H,14-15H2,1-2H3,(H,27,29). The van der Waals surface area contributed by atoms with Crippen molar-refractivity contribution in [2.75, 3.05) is 11.6 Å². The van der Waals surface area contributed by atoms with Crippen LogP contribution in [0.5, 0.6) is 0 Å². The van der Waals surface area contributed by atoms with Crippen LogP contribution in [0.1, 0.15) is 11.4 Å². The first-order valence-electron chi connectivity index (χ1n) is 9.98. The normalized spacial score (nSPS) is 11.6. The SMILES string of the molecule is Cc1cc(-c2cccc(Cl)c2)ccc1NC(=O)Cn1c(CS(C)(=O)=O)nc2ccccc21. The molecule has 0 unspecified atom stereocenters. The van der Waals surface area contributed by atoms with E-state index in [0.717, 1.165) is 22.9 Å². The molecule has 1 aromatic heterocycles. The Labute approximate surface area is 191 Å². The van der Waals surface area contributed by atoms with Gasteiger partial charge in [-0.15, -0.1) is 0 Å². The molecule has 0 aliphatic heterocycles. The molecule has 0 saturated carbocycles. The van der Waals surface area contributed by atoms with Gasteiger partial charge >= 0.3 is 0 Å². The molecule has 0 aliphatic rings. The average Bonchev–Trinajstić information content (AvgIpc) is 3.05. The van der Waals surface area contributed by atoms with Crippen molar-refractivity contribution >= 4 is 44.1 Å². The molecule has 1 amide bonds. The Morgan fingerprint density at radius 2 is 1.78 bits per heavy atom. The van der Waals surface area contributed by atoms with Gasteiger partial charge < -0.3 is 9.88 Å². The number of amides is 1. The highest BCUT2D eigenvalue weighted by atomic mass is 35.5. The summed E-state index contributed by atoms with van der Waals surface area (Å²) in [6, 6.07) is 20.6. The van der Waals surface area contributed by atoms with Crippen LogP contribution in [-0.4, -0.2) is 30.1 Å². The van der Waals surface area contributed by atoms with Crippen molar-refractivity contribution in [3.8, 4) is 11.1 Å². The maximum absolute atomic E-state index is 12.9. The first kappa shape index (κ1) is 22.0. The first-order chi connectivity index (χ1) is 15.2. The van der Waals surface area contributed by atoms with Crippen molar-refractivity contribution in [2.45, 2.75) is 19.2 Å². The molecule has 0 bridgehead atoms. The Balaban J connectivity index is 1.58. The summed E-state index contributed by atoms with van der Waals surface area (Å²) in [5.41, 5.74) is 4.96. The van der Waals surface area contributed by atoms with E-state index in [2.05, 4.69) is 10.3 Å². The van der Waals surface area contributed by atoms with Crippen molar-refractivity contribution < 1.29 is 13.2 Å². The number of anilines is 1. The van der Waals surface area contributed by atoms with Gasteiger partial charge in [0, 0.05) is 17.0 Å². The van der Waals surface area contributed by atoms with E-state index >= 15 is 0 Å². The molecule has 1 N–H and O–H groups in total. The fraction of sp³-hybridized carbons (Fsp3) is 0.167. The van der Waals surface area contributed by atoms with Gasteiger partial charge in [0.15, 0.2) is 9.84 Å². The molecule has 4 aromatic rings. The van der Waals surface area contributed by atoms with E-state index in [9.17, 15) is 13.2 Å². The number of sulfone groups is 1. The molecule has 0 fully saturated rings. The van der Waals surface area contributed by atoms with Crippen molar-refractivity contribution in [3.63, 3.8) is 0 Å². The van der Waals surface area contributed by atoms with Gasteiger partial charge in [-0.3, -0.25) is 4.79 Å². The molecule has 4 rings (SSSR count). The number of rotatable bonds is 6. The zero-order valence-electron chi connectivity index (χ0n) is 17.7. The summed E-state index contributed by atoms with van der Waals surface area (Å²) in [6.45, 7) is 1.88. The number of carbonyl (C=O) groups excluding carboxylic acids is 1. The molecule has 8 heteroatoms. The largest absolute Gasteiger partial charge is 0.324 e. The summed E-state index contributed by atoms with van der Waals surface area (Å²) in [7, 11) is -3.31. The highest BCUT2D eigenvalue weighted by Crippen LogP contribution is 2.27. The molecule has 3 aromatic carbocycles. The second kappa shape index (κ2) is 8.76. The fourth-order valence-electron chi connectivity index (χ4n) is 3.63. The monoisotopic (exact) mass is 467 g/mol.